The summed E-state index contributed by atoms with van der Waals surface area (Å²) in [5.41, 5.74) is 0.835. The number of hydrogen-bond acceptors (Lipinski definition) is 3. The second-order valence-corrected chi connectivity index (χ2v) is 5.10. The van der Waals surface area contributed by atoms with Gasteiger partial charge in [-0.05, 0) is 17.9 Å². The van der Waals surface area contributed by atoms with E-state index in [1.54, 1.807) is 11.3 Å². The number of fused-ring (bicyclic) bond motifs is 2. The van der Waals surface area contributed by atoms with E-state index >= 15 is 0 Å². The van der Waals surface area contributed by atoms with E-state index in [-0.39, 0.29) is 17.7 Å². The Morgan fingerprint density at radius 3 is 3.13 bits per heavy atom. The molecule has 0 aliphatic carbocycles. The van der Waals surface area contributed by atoms with E-state index in [1.165, 1.54) is 0 Å². The van der Waals surface area contributed by atoms with Gasteiger partial charge in [-0.15, -0.1) is 11.3 Å². The molecule has 78 valence electrons. The maximum atomic E-state index is 11.9. The van der Waals surface area contributed by atoms with Gasteiger partial charge in [0.25, 0.3) is 0 Å². The normalized spacial score (nSPS) is 25.1. The lowest BCUT2D eigenvalue weighted by Crippen LogP contribution is -2.31. The maximum absolute atomic E-state index is 11.9. The average Bonchev–Trinajstić information content (AvgIpc) is 2.76. The molecule has 3 nitrogen and oxygen atoms in total. The fourth-order valence-electron chi connectivity index (χ4n) is 2.41. The minimum Gasteiger partial charge on any atom is -0.334 e. The third kappa shape index (κ3) is 1.32. The largest absolute Gasteiger partial charge is 0.334 e. The van der Waals surface area contributed by atoms with E-state index in [0.29, 0.717) is 19.4 Å². The Morgan fingerprint density at radius 1 is 1.40 bits per heavy atom. The van der Waals surface area contributed by atoms with E-state index in [0.717, 1.165) is 16.9 Å². The second-order valence-electron chi connectivity index (χ2n) is 4.10. The third-order valence-electron chi connectivity index (χ3n) is 3.23. The smallest absolute Gasteiger partial charge is 0.223 e. The fraction of sp³-hybridized carbons (Fsp3) is 0.455. The maximum Gasteiger partial charge on any atom is 0.223 e. The number of rotatable bonds is 0. The Bertz CT molecular complexity index is 438. The number of ketones is 1. The molecule has 3 rings (SSSR count). The fourth-order valence-corrected chi connectivity index (χ4v) is 3.30. The van der Waals surface area contributed by atoms with Crippen molar-refractivity contribution in [1.29, 1.82) is 0 Å². The molecule has 2 aliphatic rings. The zero-order valence-electron chi connectivity index (χ0n) is 8.23. The molecule has 1 amide bonds. The van der Waals surface area contributed by atoms with Crippen molar-refractivity contribution in [1.82, 2.24) is 4.90 Å². The first-order valence-electron chi connectivity index (χ1n) is 5.15. The summed E-state index contributed by atoms with van der Waals surface area (Å²) >= 11 is 1.58. The van der Waals surface area contributed by atoms with Crippen LogP contribution in [0.4, 0.5) is 0 Å². The van der Waals surface area contributed by atoms with Crippen LogP contribution in [0.3, 0.4) is 0 Å². The number of carbonyl (C=O) groups excluding carboxylic acids is 2. The zero-order valence-corrected chi connectivity index (χ0v) is 9.05. The van der Waals surface area contributed by atoms with E-state index in [4.69, 9.17) is 0 Å². The summed E-state index contributed by atoms with van der Waals surface area (Å²) in [6.45, 7) is 0.641. The van der Waals surface area contributed by atoms with Gasteiger partial charge in [-0.25, -0.2) is 0 Å². The Labute approximate surface area is 91.7 Å². The van der Waals surface area contributed by atoms with Gasteiger partial charge in [0.05, 0.1) is 6.54 Å². The van der Waals surface area contributed by atoms with E-state index in [9.17, 15) is 9.59 Å². The van der Waals surface area contributed by atoms with Crippen LogP contribution in [0, 0.1) is 0 Å². The van der Waals surface area contributed by atoms with Crippen LogP contribution in [0.25, 0.3) is 0 Å². The molecule has 0 bridgehead atoms. The predicted molar refractivity (Wildman–Crippen MR) is 56.8 cm³/mol. The minimum atomic E-state index is 0.157. The summed E-state index contributed by atoms with van der Waals surface area (Å²) in [4.78, 5) is 26.4. The van der Waals surface area contributed by atoms with Gasteiger partial charge in [-0.2, -0.15) is 0 Å². The van der Waals surface area contributed by atoms with Crippen molar-refractivity contribution in [2.24, 2.45) is 0 Å². The van der Waals surface area contributed by atoms with Crippen molar-refractivity contribution in [3.8, 4) is 0 Å². The van der Waals surface area contributed by atoms with Crippen molar-refractivity contribution in [3.63, 3.8) is 0 Å². The Balaban J connectivity index is 2.02. The molecular formula is C11H11NO2S. The number of thiophene rings is 1. The highest BCUT2D eigenvalue weighted by molar-refractivity contribution is 7.10. The van der Waals surface area contributed by atoms with E-state index < -0.39 is 0 Å². The van der Waals surface area contributed by atoms with Crippen LogP contribution in [0.15, 0.2) is 11.4 Å². The SMILES string of the molecule is O=C1CC2CCC(=O)N2Cc2sccc21. The summed E-state index contributed by atoms with van der Waals surface area (Å²) in [6, 6.07) is 2.04. The first-order valence-corrected chi connectivity index (χ1v) is 6.02. The first kappa shape index (κ1) is 9.09. The second kappa shape index (κ2) is 3.17. The van der Waals surface area contributed by atoms with Crippen molar-refractivity contribution >= 4 is 23.0 Å². The van der Waals surface area contributed by atoms with Gasteiger partial charge in [0, 0.05) is 29.3 Å². The first-order chi connectivity index (χ1) is 7.25. The van der Waals surface area contributed by atoms with E-state index in [1.807, 2.05) is 16.3 Å². The number of hydrogen-bond donors (Lipinski definition) is 0. The summed E-state index contributed by atoms with van der Waals surface area (Å²) in [5, 5.41) is 1.93. The lowest BCUT2D eigenvalue weighted by molar-refractivity contribution is -0.129. The zero-order chi connectivity index (χ0) is 10.4. The quantitative estimate of drug-likeness (QED) is 0.670. The van der Waals surface area contributed by atoms with Crippen LogP contribution in [0.2, 0.25) is 0 Å². The third-order valence-corrected chi connectivity index (χ3v) is 4.14. The van der Waals surface area contributed by atoms with Crippen molar-refractivity contribution in [2.45, 2.75) is 31.8 Å². The minimum absolute atomic E-state index is 0.157. The van der Waals surface area contributed by atoms with Gasteiger partial charge in [0.2, 0.25) is 5.91 Å². The Hall–Kier alpha value is -1.16. The van der Waals surface area contributed by atoms with Crippen LogP contribution in [-0.4, -0.2) is 22.6 Å². The topological polar surface area (TPSA) is 37.4 Å². The monoisotopic (exact) mass is 221 g/mol. The number of amides is 1. The van der Waals surface area contributed by atoms with Gasteiger partial charge in [0.15, 0.2) is 5.78 Å². The Kier molecular flexibility index (Phi) is 1.92. The summed E-state index contributed by atoms with van der Waals surface area (Å²) in [7, 11) is 0. The van der Waals surface area contributed by atoms with Crippen LogP contribution in [0.5, 0.6) is 0 Å². The molecule has 1 atom stereocenters. The summed E-state index contributed by atoms with van der Waals surface area (Å²) < 4.78 is 0. The van der Waals surface area contributed by atoms with Gasteiger partial charge in [-0.1, -0.05) is 0 Å². The van der Waals surface area contributed by atoms with Gasteiger partial charge >= 0.3 is 0 Å². The molecule has 0 spiro atoms. The standard InChI is InChI=1S/C11H11NO2S/c13-9-5-7-1-2-11(14)12(7)6-10-8(9)3-4-15-10/h3-4,7H,1-2,5-6H2. The van der Waals surface area contributed by atoms with Crippen LogP contribution in [0.1, 0.15) is 34.5 Å². The van der Waals surface area contributed by atoms with E-state index in [2.05, 4.69) is 0 Å². The molecular weight excluding hydrogens is 210 g/mol. The molecule has 4 heteroatoms. The van der Waals surface area contributed by atoms with Crippen LogP contribution >= 0.6 is 11.3 Å². The molecule has 1 aromatic rings. The molecule has 0 aromatic carbocycles. The number of nitrogens with zero attached hydrogens (tertiary/aromatic N) is 1. The lowest BCUT2D eigenvalue weighted by atomic mass is 10.1. The lowest BCUT2D eigenvalue weighted by Gasteiger charge is -2.20. The van der Waals surface area contributed by atoms with Crippen molar-refractivity contribution in [2.75, 3.05) is 0 Å². The summed E-state index contributed by atoms with van der Waals surface area (Å²) in [6.07, 6.45) is 1.97. The predicted octanol–water partition coefficient (Wildman–Crippen LogP) is 1.83. The van der Waals surface area contributed by atoms with Crippen molar-refractivity contribution in [3.05, 3.63) is 21.9 Å². The molecule has 2 aliphatic heterocycles. The molecule has 0 saturated carbocycles. The molecule has 1 saturated heterocycles. The van der Waals surface area contributed by atoms with Crippen molar-refractivity contribution < 1.29 is 9.59 Å². The molecule has 15 heavy (non-hydrogen) atoms. The highest BCUT2D eigenvalue weighted by Gasteiger charge is 2.36. The molecule has 1 aromatic heterocycles. The molecule has 1 unspecified atom stereocenters. The highest BCUT2D eigenvalue weighted by atomic mass is 32.1. The van der Waals surface area contributed by atoms with Crippen LogP contribution in [-0.2, 0) is 11.3 Å². The van der Waals surface area contributed by atoms with Gasteiger partial charge in [-0.3, -0.25) is 9.59 Å². The molecule has 0 radical (unpaired) electrons. The number of Topliss-reactive ketones (excluding diaryl/α,β-unsaturated/α-hetero) is 1. The Morgan fingerprint density at radius 2 is 2.27 bits per heavy atom. The highest BCUT2D eigenvalue weighted by Crippen LogP contribution is 2.32. The van der Waals surface area contributed by atoms with Gasteiger partial charge < -0.3 is 4.90 Å². The van der Waals surface area contributed by atoms with Gasteiger partial charge in [0.1, 0.15) is 0 Å². The molecule has 0 N–H and O–H groups in total. The number of carbonyl (C=O) groups is 2. The average molecular weight is 221 g/mol. The molecule has 3 heterocycles. The summed E-state index contributed by atoms with van der Waals surface area (Å²) in [5.74, 6) is 0.405. The molecule has 1 fully saturated rings. The van der Waals surface area contributed by atoms with Crippen LogP contribution < -0.4 is 0 Å².